The molecule has 2 heterocycles. The lowest BCUT2D eigenvalue weighted by atomic mass is 10.1. The minimum atomic E-state index is -0.309. The van der Waals surface area contributed by atoms with Gasteiger partial charge < -0.3 is 19.2 Å². The van der Waals surface area contributed by atoms with E-state index < -0.39 is 0 Å². The summed E-state index contributed by atoms with van der Waals surface area (Å²) in [6.07, 6.45) is 0. The number of aryl methyl sites for hydroxylation is 2. The molecule has 0 atom stereocenters. The second kappa shape index (κ2) is 7.07. The summed E-state index contributed by atoms with van der Waals surface area (Å²) in [5.41, 5.74) is 5.30. The Kier molecular flexibility index (Phi) is 4.37. The van der Waals surface area contributed by atoms with Gasteiger partial charge in [0.2, 0.25) is 12.7 Å². The van der Waals surface area contributed by atoms with Gasteiger partial charge in [-0.1, -0.05) is 17.7 Å². The molecule has 1 N–H and O–H groups in total. The highest BCUT2D eigenvalue weighted by molar-refractivity contribution is 6.34. The fourth-order valence-corrected chi connectivity index (χ4v) is 3.65. The lowest BCUT2D eigenvalue weighted by molar-refractivity contribution is 0.102. The molecule has 30 heavy (non-hydrogen) atoms. The van der Waals surface area contributed by atoms with E-state index in [2.05, 4.69) is 16.4 Å². The first kappa shape index (κ1) is 18.5. The van der Waals surface area contributed by atoms with Crippen molar-refractivity contribution in [2.75, 3.05) is 12.1 Å². The highest BCUT2D eigenvalue weighted by atomic mass is 35.5. The first-order valence-corrected chi connectivity index (χ1v) is 9.74. The van der Waals surface area contributed by atoms with Crippen LogP contribution in [0, 0.1) is 13.8 Å². The fourth-order valence-electron chi connectivity index (χ4n) is 3.49. The molecular weight excluding hydrogens is 404 g/mol. The molecule has 1 amide bonds. The smallest absolute Gasteiger partial charge is 0.255 e. The highest BCUT2D eigenvalue weighted by Gasteiger charge is 2.18. The summed E-state index contributed by atoms with van der Waals surface area (Å²) in [4.78, 5) is 17.3. The van der Waals surface area contributed by atoms with Crippen LogP contribution in [0.3, 0.4) is 0 Å². The van der Waals surface area contributed by atoms with Crippen LogP contribution < -0.4 is 14.8 Å². The number of rotatable bonds is 3. The molecule has 6 nitrogen and oxygen atoms in total. The van der Waals surface area contributed by atoms with Crippen LogP contribution in [0.25, 0.3) is 22.6 Å². The average Bonchev–Trinajstić information content (AvgIpc) is 3.35. The number of aromatic nitrogens is 1. The van der Waals surface area contributed by atoms with Crippen molar-refractivity contribution in [3.63, 3.8) is 0 Å². The number of nitrogens with one attached hydrogen (secondary N) is 1. The van der Waals surface area contributed by atoms with E-state index >= 15 is 0 Å². The summed E-state index contributed by atoms with van der Waals surface area (Å²) in [5, 5.41) is 3.26. The van der Waals surface area contributed by atoms with E-state index in [1.165, 1.54) is 0 Å². The van der Waals surface area contributed by atoms with Crippen LogP contribution >= 0.6 is 11.6 Å². The molecular formula is C23H17ClN2O4. The average molecular weight is 421 g/mol. The van der Waals surface area contributed by atoms with Crippen molar-refractivity contribution in [1.29, 1.82) is 0 Å². The Labute approximate surface area is 177 Å². The van der Waals surface area contributed by atoms with Crippen molar-refractivity contribution in [2.45, 2.75) is 13.8 Å². The fraction of sp³-hybridized carbons (Fsp3) is 0.130. The molecule has 150 valence electrons. The van der Waals surface area contributed by atoms with E-state index in [-0.39, 0.29) is 12.7 Å². The minimum absolute atomic E-state index is 0.151. The zero-order valence-corrected chi connectivity index (χ0v) is 17.0. The van der Waals surface area contributed by atoms with Gasteiger partial charge in [0.05, 0.1) is 10.7 Å². The predicted molar refractivity (Wildman–Crippen MR) is 114 cm³/mol. The molecule has 0 spiro atoms. The number of oxazole rings is 1. The van der Waals surface area contributed by atoms with Gasteiger partial charge in [-0.05, 0) is 67.4 Å². The second-order valence-corrected chi connectivity index (χ2v) is 7.57. The molecule has 0 saturated carbocycles. The van der Waals surface area contributed by atoms with Crippen molar-refractivity contribution >= 4 is 34.3 Å². The number of ether oxygens (including phenoxy) is 2. The molecule has 0 unspecified atom stereocenters. The zero-order valence-electron chi connectivity index (χ0n) is 16.3. The molecule has 3 aromatic carbocycles. The Balaban J connectivity index is 1.46. The number of amides is 1. The van der Waals surface area contributed by atoms with Gasteiger partial charge in [-0.2, -0.15) is 0 Å². The third kappa shape index (κ3) is 3.25. The van der Waals surface area contributed by atoms with Crippen LogP contribution in [-0.4, -0.2) is 17.7 Å². The summed E-state index contributed by atoms with van der Waals surface area (Å²) < 4.78 is 16.6. The first-order chi connectivity index (χ1) is 14.5. The first-order valence-electron chi connectivity index (χ1n) is 9.36. The molecule has 1 aliphatic heterocycles. The lowest BCUT2D eigenvalue weighted by Crippen LogP contribution is -2.12. The molecule has 0 fully saturated rings. The molecule has 1 aromatic heterocycles. The monoisotopic (exact) mass is 420 g/mol. The van der Waals surface area contributed by atoms with Gasteiger partial charge in [0.1, 0.15) is 5.52 Å². The number of benzene rings is 3. The van der Waals surface area contributed by atoms with E-state index in [4.69, 9.17) is 25.5 Å². The van der Waals surface area contributed by atoms with Gasteiger partial charge >= 0.3 is 0 Å². The Morgan fingerprint density at radius 3 is 2.73 bits per heavy atom. The van der Waals surface area contributed by atoms with Gasteiger partial charge in [-0.3, -0.25) is 4.79 Å². The molecule has 0 radical (unpaired) electrons. The van der Waals surface area contributed by atoms with Crippen LogP contribution in [0.1, 0.15) is 21.5 Å². The number of carbonyl (C=O) groups excluding carboxylic acids is 1. The number of nitrogens with zero attached hydrogens (tertiary/aromatic N) is 1. The van der Waals surface area contributed by atoms with E-state index in [1.807, 2.05) is 26.0 Å². The summed E-state index contributed by atoms with van der Waals surface area (Å²) in [5.74, 6) is 1.32. The van der Waals surface area contributed by atoms with Crippen molar-refractivity contribution in [1.82, 2.24) is 4.98 Å². The van der Waals surface area contributed by atoms with Crippen molar-refractivity contribution in [3.8, 4) is 23.0 Å². The molecule has 7 heteroatoms. The Morgan fingerprint density at radius 2 is 1.87 bits per heavy atom. The molecule has 0 saturated heterocycles. The zero-order chi connectivity index (χ0) is 20.8. The Bertz CT molecular complexity index is 1310. The standard InChI is InChI=1S/C23H17ClN2O4/c1-12-7-13(2)21-18(8-12)26-23(30-21)15-3-5-16(24)17(9-15)25-22(27)14-4-6-19-20(10-14)29-11-28-19/h3-10H,11H2,1-2H3,(H,25,27). The number of halogens is 1. The second-order valence-electron chi connectivity index (χ2n) is 7.17. The summed E-state index contributed by atoms with van der Waals surface area (Å²) in [6, 6.07) is 14.3. The summed E-state index contributed by atoms with van der Waals surface area (Å²) in [7, 11) is 0. The largest absolute Gasteiger partial charge is 0.454 e. The van der Waals surface area contributed by atoms with Gasteiger partial charge in [0, 0.05) is 11.1 Å². The molecule has 1 aliphatic rings. The number of anilines is 1. The van der Waals surface area contributed by atoms with Crippen LogP contribution in [-0.2, 0) is 0 Å². The predicted octanol–water partition coefficient (Wildman–Crippen LogP) is 5.75. The number of hydrogen-bond acceptors (Lipinski definition) is 5. The van der Waals surface area contributed by atoms with Crippen molar-refractivity contribution in [3.05, 3.63) is 70.2 Å². The Hall–Kier alpha value is -3.51. The minimum Gasteiger partial charge on any atom is -0.454 e. The van der Waals surface area contributed by atoms with E-state index in [0.717, 1.165) is 22.2 Å². The maximum absolute atomic E-state index is 12.7. The number of hydrogen-bond donors (Lipinski definition) is 1. The third-order valence-electron chi connectivity index (χ3n) is 4.92. The normalized spacial score (nSPS) is 12.4. The third-order valence-corrected chi connectivity index (χ3v) is 5.25. The van der Waals surface area contributed by atoms with Crippen molar-refractivity contribution < 1.29 is 18.7 Å². The van der Waals surface area contributed by atoms with Gasteiger partial charge in [-0.25, -0.2) is 4.98 Å². The van der Waals surface area contributed by atoms with Crippen molar-refractivity contribution in [2.24, 2.45) is 0 Å². The van der Waals surface area contributed by atoms with Gasteiger partial charge in [0.25, 0.3) is 5.91 Å². The molecule has 4 aromatic rings. The van der Waals surface area contributed by atoms with Gasteiger partial charge in [-0.15, -0.1) is 0 Å². The van der Waals surface area contributed by atoms with E-state index in [0.29, 0.717) is 39.2 Å². The number of carbonyl (C=O) groups is 1. The van der Waals surface area contributed by atoms with Crippen LogP contribution in [0.5, 0.6) is 11.5 Å². The quantitative estimate of drug-likeness (QED) is 0.457. The van der Waals surface area contributed by atoms with Crippen LogP contribution in [0.4, 0.5) is 5.69 Å². The number of fused-ring (bicyclic) bond motifs is 2. The maximum Gasteiger partial charge on any atom is 0.255 e. The molecule has 0 aliphatic carbocycles. The van der Waals surface area contributed by atoms with E-state index in [9.17, 15) is 4.79 Å². The lowest BCUT2D eigenvalue weighted by Gasteiger charge is -2.09. The van der Waals surface area contributed by atoms with Crippen LogP contribution in [0.15, 0.2) is 52.9 Å². The molecule has 0 bridgehead atoms. The summed E-state index contributed by atoms with van der Waals surface area (Å²) in [6.45, 7) is 4.16. The molecule has 5 rings (SSSR count). The summed E-state index contributed by atoms with van der Waals surface area (Å²) >= 11 is 6.32. The van der Waals surface area contributed by atoms with Crippen LogP contribution in [0.2, 0.25) is 5.02 Å². The maximum atomic E-state index is 12.7. The van der Waals surface area contributed by atoms with E-state index in [1.54, 1.807) is 30.3 Å². The highest BCUT2D eigenvalue weighted by Crippen LogP contribution is 2.34. The topological polar surface area (TPSA) is 73.6 Å². The SMILES string of the molecule is Cc1cc(C)c2oc(-c3ccc(Cl)c(NC(=O)c4ccc5c(c4)OCO5)c3)nc2c1. The van der Waals surface area contributed by atoms with Gasteiger partial charge in [0.15, 0.2) is 17.1 Å². The Morgan fingerprint density at radius 1 is 1.03 bits per heavy atom.